The maximum atomic E-state index is 14.5. The summed E-state index contributed by atoms with van der Waals surface area (Å²) in [6.07, 6.45) is 2.56. The normalized spacial score (nSPS) is 18.1. The van der Waals surface area contributed by atoms with Crippen LogP contribution in [0, 0.1) is 18.7 Å². The molecule has 1 aliphatic carbocycles. The van der Waals surface area contributed by atoms with Gasteiger partial charge in [-0.15, -0.1) is 0 Å². The van der Waals surface area contributed by atoms with Crippen LogP contribution in [0.1, 0.15) is 64.8 Å². The number of carboxylic acid groups (broad SMARTS) is 1. The van der Waals surface area contributed by atoms with Crippen molar-refractivity contribution in [1.29, 1.82) is 0 Å². The molecule has 0 bridgehead atoms. The fraction of sp³-hybridized carbons (Fsp3) is 0.400. The van der Waals surface area contributed by atoms with Crippen molar-refractivity contribution in [2.24, 2.45) is 5.92 Å². The highest BCUT2D eigenvalue weighted by Gasteiger charge is 2.27. The Balaban J connectivity index is 1.44. The van der Waals surface area contributed by atoms with Gasteiger partial charge in [-0.05, 0) is 69.4 Å². The Morgan fingerprint density at radius 1 is 1.03 bits per heavy atom. The van der Waals surface area contributed by atoms with E-state index in [0.717, 1.165) is 5.56 Å². The first-order valence-electron chi connectivity index (χ1n) is 10.9. The zero-order valence-corrected chi connectivity index (χ0v) is 18.1. The number of hydrogen-bond acceptors (Lipinski definition) is 4. The van der Waals surface area contributed by atoms with Crippen LogP contribution in [0.3, 0.4) is 0 Å². The third kappa shape index (κ3) is 6.39. The van der Waals surface area contributed by atoms with E-state index in [-0.39, 0.29) is 41.4 Å². The third-order valence-electron chi connectivity index (χ3n) is 5.75. The zero-order valence-electron chi connectivity index (χ0n) is 18.1. The number of Topliss-reactive ketones (excluding diaryl/α,β-unsaturated/α-hetero) is 1. The maximum absolute atomic E-state index is 14.5. The van der Waals surface area contributed by atoms with Gasteiger partial charge in [-0.3, -0.25) is 14.4 Å². The van der Waals surface area contributed by atoms with Gasteiger partial charge in [0.05, 0.1) is 12.0 Å². The summed E-state index contributed by atoms with van der Waals surface area (Å²) in [7, 11) is 0. The molecule has 1 saturated carbocycles. The molecule has 3 rings (SSSR count). The zero-order chi connectivity index (χ0) is 23.1. The van der Waals surface area contributed by atoms with Gasteiger partial charge in [0.15, 0.2) is 17.3 Å². The number of carbonyl (C=O) groups is 3. The molecule has 2 aromatic carbocycles. The second-order valence-electron chi connectivity index (χ2n) is 8.22. The van der Waals surface area contributed by atoms with Gasteiger partial charge in [-0.2, -0.15) is 0 Å². The van der Waals surface area contributed by atoms with E-state index < -0.39 is 11.8 Å². The molecule has 1 aliphatic rings. The molecule has 0 atom stereocenters. The average Bonchev–Trinajstić information content (AvgIpc) is 2.78. The van der Waals surface area contributed by atoms with E-state index >= 15 is 0 Å². The van der Waals surface area contributed by atoms with Crippen LogP contribution in [0.25, 0.3) is 0 Å². The summed E-state index contributed by atoms with van der Waals surface area (Å²) >= 11 is 0. The van der Waals surface area contributed by atoms with E-state index in [1.807, 2.05) is 19.1 Å². The molecule has 0 heterocycles. The van der Waals surface area contributed by atoms with Crippen molar-refractivity contribution < 1.29 is 28.6 Å². The molecular weight excluding hydrogens is 413 g/mol. The average molecular weight is 441 g/mol. The molecule has 0 aromatic heterocycles. The van der Waals surface area contributed by atoms with Crippen molar-refractivity contribution in [3.8, 4) is 5.75 Å². The standard InChI is InChI=1S/C25H28FNO5/c1-16-4-6-17(7-5-16)24(29)27-14-2-3-22(28)19-10-13-23(21(26)15-19)32-20-11-8-18(9-12-20)25(30)31/h4-7,10,13,15,18,20H,2-3,8-9,11-12,14H2,1H3,(H,27,29)(H,30,31). The highest BCUT2D eigenvalue weighted by molar-refractivity contribution is 5.96. The van der Waals surface area contributed by atoms with Gasteiger partial charge >= 0.3 is 5.97 Å². The number of rotatable bonds is 9. The summed E-state index contributed by atoms with van der Waals surface area (Å²) in [5.41, 5.74) is 1.90. The number of nitrogens with one attached hydrogen (secondary N) is 1. The Morgan fingerprint density at radius 3 is 2.31 bits per heavy atom. The van der Waals surface area contributed by atoms with Crippen LogP contribution in [0.4, 0.5) is 4.39 Å². The molecular formula is C25H28FNO5. The summed E-state index contributed by atoms with van der Waals surface area (Å²) in [4.78, 5) is 35.5. The number of carboxylic acids is 1. The number of ketones is 1. The number of carbonyl (C=O) groups excluding carboxylic acids is 2. The topological polar surface area (TPSA) is 92.7 Å². The van der Waals surface area contributed by atoms with Crippen LogP contribution in [-0.2, 0) is 4.79 Å². The largest absolute Gasteiger partial charge is 0.487 e. The Kier molecular flexibility index (Phi) is 7.98. The third-order valence-corrected chi connectivity index (χ3v) is 5.75. The fourth-order valence-electron chi connectivity index (χ4n) is 3.78. The molecule has 2 N–H and O–H groups in total. The quantitative estimate of drug-likeness (QED) is 0.440. The lowest BCUT2D eigenvalue weighted by Gasteiger charge is -2.27. The van der Waals surface area contributed by atoms with E-state index in [1.165, 1.54) is 18.2 Å². The number of hydrogen-bond donors (Lipinski definition) is 2. The smallest absolute Gasteiger partial charge is 0.306 e. The lowest BCUT2D eigenvalue weighted by molar-refractivity contribution is -0.143. The molecule has 1 amide bonds. The van der Waals surface area contributed by atoms with Crippen molar-refractivity contribution in [1.82, 2.24) is 5.32 Å². The second kappa shape index (κ2) is 10.9. The molecule has 0 saturated heterocycles. The van der Waals surface area contributed by atoms with Crippen LogP contribution >= 0.6 is 0 Å². The molecule has 1 fully saturated rings. The molecule has 0 radical (unpaired) electrons. The van der Waals surface area contributed by atoms with Crippen LogP contribution in [-0.4, -0.2) is 35.4 Å². The minimum Gasteiger partial charge on any atom is -0.487 e. The van der Waals surface area contributed by atoms with Gasteiger partial charge in [0.2, 0.25) is 0 Å². The van der Waals surface area contributed by atoms with Gasteiger partial charge in [-0.25, -0.2) is 4.39 Å². The molecule has 7 heteroatoms. The summed E-state index contributed by atoms with van der Waals surface area (Å²) < 4.78 is 20.1. The Bertz CT molecular complexity index is 965. The molecule has 6 nitrogen and oxygen atoms in total. The summed E-state index contributed by atoms with van der Waals surface area (Å²) in [6.45, 7) is 2.29. The molecule has 32 heavy (non-hydrogen) atoms. The van der Waals surface area contributed by atoms with Crippen molar-refractivity contribution in [2.75, 3.05) is 6.54 Å². The Labute approximate surface area is 186 Å². The Hall–Kier alpha value is -3.22. The first-order valence-corrected chi connectivity index (χ1v) is 10.9. The number of ether oxygens (including phenoxy) is 1. The van der Waals surface area contributed by atoms with Gasteiger partial charge in [0, 0.05) is 24.1 Å². The lowest BCUT2D eigenvalue weighted by atomic mass is 9.87. The first kappa shape index (κ1) is 23.4. The number of amides is 1. The summed E-state index contributed by atoms with van der Waals surface area (Å²) in [6, 6.07) is 11.4. The maximum Gasteiger partial charge on any atom is 0.306 e. The second-order valence-corrected chi connectivity index (χ2v) is 8.22. The fourth-order valence-corrected chi connectivity index (χ4v) is 3.78. The van der Waals surface area contributed by atoms with E-state index in [4.69, 9.17) is 9.84 Å². The van der Waals surface area contributed by atoms with Crippen molar-refractivity contribution in [3.63, 3.8) is 0 Å². The summed E-state index contributed by atoms with van der Waals surface area (Å²) in [5.74, 6) is -2.09. The molecule has 0 aliphatic heterocycles. The lowest BCUT2D eigenvalue weighted by Crippen LogP contribution is -2.28. The van der Waals surface area contributed by atoms with Crippen LogP contribution < -0.4 is 10.1 Å². The predicted molar refractivity (Wildman–Crippen MR) is 117 cm³/mol. The predicted octanol–water partition coefficient (Wildman–Crippen LogP) is 4.55. The van der Waals surface area contributed by atoms with E-state index in [2.05, 4.69) is 5.32 Å². The van der Waals surface area contributed by atoms with Gasteiger partial charge in [0.25, 0.3) is 5.91 Å². The van der Waals surface area contributed by atoms with Gasteiger partial charge in [0.1, 0.15) is 0 Å². The van der Waals surface area contributed by atoms with E-state index in [0.29, 0.717) is 44.2 Å². The SMILES string of the molecule is Cc1ccc(C(=O)NCCCC(=O)c2ccc(OC3CCC(C(=O)O)CC3)c(F)c2)cc1. The number of benzene rings is 2. The van der Waals surface area contributed by atoms with Gasteiger partial charge < -0.3 is 15.2 Å². The van der Waals surface area contributed by atoms with Crippen LogP contribution in [0.5, 0.6) is 5.75 Å². The van der Waals surface area contributed by atoms with Crippen molar-refractivity contribution in [2.45, 2.75) is 51.6 Å². The Morgan fingerprint density at radius 2 is 1.69 bits per heavy atom. The highest BCUT2D eigenvalue weighted by atomic mass is 19.1. The number of aliphatic carboxylic acids is 1. The number of aryl methyl sites for hydroxylation is 1. The minimum absolute atomic E-state index is 0.0747. The molecule has 0 unspecified atom stereocenters. The molecule has 0 spiro atoms. The van der Waals surface area contributed by atoms with E-state index in [1.54, 1.807) is 12.1 Å². The van der Waals surface area contributed by atoms with Crippen molar-refractivity contribution in [3.05, 3.63) is 65.0 Å². The first-order chi connectivity index (χ1) is 15.3. The van der Waals surface area contributed by atoms with E-state index in [9.17, 15) is 18.8 Å². The summed E-state index contributed by atoms with van der Waals surface area (Å²) in [5, 5.41) is 11.8. The minimum atomic E-state index is -0.799. The highest BCUT2D eigenvalue weighted by Crippen LogP contribution is 2.29. The molecule has 170 valence electrons. The van der Waals surface area contributed by atoms with Gasteiger partial charge in [-0.1, -0.05) is 17.7 Å². The molecule has 2 aromatic rings. The van der Waals surface area contributed by atoms with Crippen molar-refractivity contribution >= 4 is 17.7 Å². The monoisotopic (exact) mass is 441 g/mol. The number of halogens is 1. The van der Waals surface area contributed by atoms with Crippen LogP contribution in [0.15, 0.2) is 42.5 Å². The van der Waals surface area contributed by atoms with Crippen LogP contribution in [0.2, 0.25) is 0 Å².